The minimum Gasteiger partial charge on any atom is -0.478 e. The van der Waals surface area contributed by atoms with Crippen LogP contribution in [-0.4, -0.2) is 25.5 Å². The summed E-state index contributed by atoms with van der Waals surface area (Å²) in [7, 11) is -3.87. The van der Waals surface area contributed by atoms with Gasteiger partial charge in [0.15, 0.2) is 0 Å². The first kappa shape index (κ1) is 14.7. The van der Waals surface area contributed by atoms with Gasteiger partial charge in [-0.1, -0.05) is 17.7 Å². The first-order valence-electron chi connectivity index (χ1n) is 4.95. The maximum absolute atomic E-state index is 12.0. The number of halogens is 1. The van der Waals surface area contributed by atoms with E-state index in [4.69, 9.17) is 16.7 Å². The van der Waals surface area contributed by atoms with Crippen LogP contribution >= 0.6 is 11.6 Å². The van der Waals surface area contributed by atoms with Gasteiger partial charge in [0.1, 0.15) is 4.90 Å². The normalized spacial score (nSPS) is 13.0. The maximum Gasteiger partial charge on any atom is 0.335 e. The first-order valence-corrected chi connectivity index (χ1v) is 6.82. The molecule has 7 heteroatoms. The summed E-state index contributed by atoms with van der Waals surface area (Å²) in [6, 6.07) is 3.00. The van der Waals surface area contributed by atoms with Crippen LogP contribution in [0.2, 0.25) is 5.02 Å². The molecule has 0 aliphatic heterocycles. The molecule has 0 fully saturated rings. The van der Waals surface area contributed by atoms with Crippen molar-refractivity contribution in [2.75, 3.05) is 0 Å². The Hall–Kier alpha value is -1.37. The highest BCUT2D eigenvalue weighted by atomic mass is 35.5. The van der Waals surface area contributed by atoms with Gasteiger partial charge in [0.2, 0.25) is 10.0 Å². The third-order valence-corrected chi connectivity index (χ3v) is 4.20. The van der Waals surface area contributed by atoms with Gasteiger partial charge in [0, 0.05) is 6.04 Å². The number of carboxylic acid groups (broad SMARTS) is 1. The molecule has 1 atom stereocenters. The van der Waals surface area contributed by atoms with Crippen LogP contribution in [0.4, 0.5) is 0 Å². The number of rotatable bonds is 5. The predicted molar refractivity (Wildman–Crippen MR) is 68.4 cm³/mol. The van der Waals surface area contributed by atoms with Gasteiger partial charge >= 0.3 is 5.97 Å². The number of aromatic carboxylic acids is 1. The lowest BCUT2D eigenvalue weighted by atomic mass is 10.2. The van der Waals surface area contributed by atoms with Crippen LogP contribution in [0.25, 0.3) is 0 Å². The standard InChI is InChI=1S/C11H12ClNO4S/c1-3-7(2)13-18(16,17)10-6-8(11(14)15)4-5-9(10)12/h3-7,13H,1H2,2H3,(H,14,15). The van der Waals surface area contributed by atoms with E-state index >= 15 is 0 Å². The van der Waals surface area contributed by atoms with Gasteiger partial charge in [0.25, 0.3) is 0 Å². The lowest BCUT2D eigenvalue weighted by Crippen LogP contribution is -2.31. The largest absolute Gasteiger partial charge is 0.478 e. The van der Waals surface area contributed by atoms with Gasteiger partial charge in [0.05, 0.1) is 10.6 Å². The third-order valence-electron chi connectivity index (χ3n) is 2.16. The fourth-order valence-electron chi connectivity index (χ4n) is 1.20. The molecule has 0 aromatic heterocycles. The summed E-state index contributed by atoms with van der Waals surface area (Å²) in [6.07, 6.45) is 1.41. The quantitative estimate of drug-likeness (QED) is 0.811. The summed E-state index contributed by atoms with van der Waals surface area (Å²) in [4.78, 5) is 10.5. The molecule has 0 aliphatic carbocycles. The Morgan fingerprint density at radius 2 is 2.17 bits per heavy atom. The highest BCUT2D eigenvalue weighted by Gasteiger charge is 2.21. The Labute approximate surface area is 110 Å². The van der Waals surface area contributed by atoms with Crippen molar-refractivity contribution in [2.45, 2.75) is 17.9 Å². The van der Waals surface area contributed by atoms with E-state index in [1.165, 1.54) is 18.2 Å². The fraction of sp³-hybridized carbons (Fsp3) is 0.182. The zero-order valence-electron chi connectivity index (χ0n) is 9.55. The number of sulfonamides is 1. The highest BCUT2D eigenvalue weighted by molar-refractivity contribution is 7.89. The number of benzene rings is 1. The van der Waals surface area contributed by atoms with Crippen molar-refractivity contribution in [1.29, 1.82) is 0 Å². The van der Waals surface area contributed by atoms with Crippen molar-refractivity contribution in [1.82, 2.24) is 4.72 Å². The summed E-state index contributed by atoms with van der Waals surface area (Å²) in [5.41, 5.74) is -0.147. The van der Waals surface area contributed by atoms with Gasteiger partial charge in [-0.3, -0.25) is 0 Å². The smallest absolute Gasteiger partial charge is 0.335 e. The molecule has 18 heavy (non-hydrogen) atoms. The molecule has 0 amide bonds. The lowest BCUT2D eigenvalue weighted by Gasteiger charge is -2.11. The maximum atomic E-state index is 12.0. The van der Waals surface area contributed by atoms with E-state index in [9.17, 15) is 13.2 Å². The molecule has 98 valence electrons. The predicted octanol–water partition coefficient (Wildman–Crippen LogP) is 1.89. The summed E-state index contributed by atoms with van der Waals surface area (Å²) in [6.45, 7) is 5.05. The van der Waals surface area contributed by atoms with Crippen LogP contribution in [0.1, 0.15) is 17.3 Å². The van der Waals surface area contributed by atoms with Crippen molar-refractivity contribution in [3.8, 4) is 0 Å². The van der Waals surface area contributed by atoms with Crippen molar-refractivity contribution < 1.29 is 18.3 Å². The van der Waals surface area contributed by atoms with Crippen LogP contribution in [0, 0.1) is 0 Å². The van der Waals surface area contributed by atoms with Crippen LogP contribution in [-0.2, 0) is 10.0 Å². The van der Waals surface area contributed by atoms with E-state index in [2.05, 4.69) is 11.3 Å². The van der Waals surface area contributed by atoms with Crippen LogP contribution in [0.3, 0.4) is 0 Å². The zero-order valence-corrected chi connectivity index (χ0v) is 11.1. The number of nitrogens with one attached hydrogen (secondary N) is 1. The summed E-state index contributed by atoms with van der Waals surface area (Å²) in [5, 5.41) is 8.78. The van der Waals surface area contributed by atoms with E-state index < -0.39 is 22.0 Å². The summed E-state index contributed by atoms with van der Waals surface area (Å²) in [5.74, 6) is -1.22. The number of hydrogen-bond donors (Lipinski definition) is 2. The molecule has 0 radical (unpaired) electrons. The Morgan fingerprint density at radius 1 is 1.56 bits per heavy atom. The number of hydrogen-bond acceptors (Lipinski definition) is 3. The van der Waals surface area contributed by atoms with Crippen molar-refractivity contribution in [3.05, 3.63) is 41.4 Å². The second-order valence-corrected chi connectivity index (χ2v) is 5.69. The molecule has 1 aromatic rings. The van der Waals surface area contributed by atoms with Crippen LogP contribution < -0.4 is 4.72 Å². The van der Waals surface area contributed by atoms with Crippen molar-refractivity contribution >= 4 is 27.6 Å². The van der Waals surface area contributed by atoms with Gasteiger partial charge < -0.3 is 5.11 Å². The zero-order chi connectivity index (χ0) is 13.9. The van der Waals surface area contributed by atoms with Crippen molar-refractivity contribution in [3.63, 3.8) is 0 Å². The summed E-state index contributed by atoms with van der Waals surface area (Å²) >= 11 is 5.77. The van der Waals surface area contributed by atoms with Crippen molar-refractivity contribution in [2.24, 2.45) is 0 Å². The minimum absolute atomic E-state index is 0.0382. The van der Waals surface area contributed by atoms with E-state index in [0.717, 1.165) is 6.07 Å². The van der Waals surface area contributed by atoms with Crippen LogP contribution in [0.5, 0.6) is 0 Å². The molecular formula is C11H12ClNO4S. The molecule has 1 rings (SSSR count). The highest BCUT2D eigenvalue weighted by Crippen LogP contribution is 2.22. The number of carbonyl (C=O) groups is 1. The van der Waals surface area contributed by atoms with E-state index in [1.54, 1.807) is 6.92 Å². The molecule has 0 saturated carbocycles. The lowest BCUT2D eigenvalue weighted by molar-refractivity contribution is 0.0696. The Morgan fingerprint density at radius 3 is 2.67 bits per heavy atom. The molecule has 0 bridgehead atoms. The average Bonchev–Trinajstić information content (AvgIpc) is 2.28. The second kappa shape index (κ2) is 5.51. The molecule has 1 unspecified atom stereocenters. The van der Waals surface area contributed by atoms with E-state index in [-0.39, 0.29) is 15.5 Å². The van der Waals surface area contributed by atoms with E-state index in [1.807, 2.05) is 0 Å². The van der Waals surface area contributed by atoms with Gasteiger partial charge in [-0.2, -0.15) is 0 Å². The average molecular weight is 290 g/mol. The molecule has 5 nitrogen and oxygen atoms in total. The molecule has 0 spiro atoms. The topological polar surface area (TPSA) is 83.5 Å². The monoisotopic (exact) mass is 289 g/mol. The molecule has 1 aromatic carbocycles. The molecule has 2 N–H and O–H groups in total. The number of carboxylic acids is 1. The second-order valence-electron chi connectivity index (χ2n) is 3.60. The summed E-state index contributed by atoms with van der Waals surface area (Å²) < 4.78 is 26.2. The molecule has 0 aliphatic rings. The van der Waals surface area contributed by atoms with Gasteiger partial charge in [-0.25, -0.2) is 17.9 Å². The minimum atomic E-state index is -3.87. The van der Waals surface area contributed by atoms with Gasteiger partial charge in [-0.05, 0) is 25.1 Å². The molecular weight excluding hydrogens is 278 g/mol. The Balaban J connectivity index is 3.27. The Kier molecular flexibility index (Phi) is 4.50. The Bertz CT molecular complexity index is 583. The fourth-order valence-corrected chi connectivity index (χ4v) is 2.94. The van der Waals surface area contributed by atoms with E-state index in [0.29, 0.717) is 0 Å². The SMILES string of the molecule is C=CC(C)NS(=O)(=O)c1cc(C(=O)O)ccc1Cl. The van der Waals surface area contributed by atoms with Gasteiger partial charge in [-0.15, -0.1) is 6.58 Å². The third kappa shape index (κ3) is 3.32. The van der Waals surface area contributed by atoms with Crippen LogP contribution in [0.15, 0.2) is 35.7 Å². The molecule has 0 saturated heterocycles. The molecule has 0 heterocycles. The first-order chi connectivity index (χ1) is 8.27.